The molecule has 7 heteroatoms. The molecule has 1 aromatic heterocycles. The summed E-state index contributed by atoms with van der Waals surface area (Å²) in [5, 5.41) is 3.09. The zero-order chi connectivity index (χ0) is 15.8. The van der Waals surface area contributed by atoms with Crippen molar-refractivity contribution in [1.29, 1.82) is 0 Å². The van der Waals surface area contributed by atoms with Gasteiger partial charge in [-0.2, -0.15) is 15.0 Å². The van der Waals surface area contributed by atoms with E-state index in [4.69, 9.17) is 9.47 Å². The predicted molar refractivity (Wildman–Crippen MR) is 84.1 cm³/mol. The van der Waals surface area contributed by atoms with Crippen molar-refractivity contribution in [2.45, 2.75) is 46.8 Å². The van der Waals surface area contributed by atoms with E-state index in [9.17, 15) is 0 Å². The fourth-order valence-corrected chi connectivity index (χ4v) is 1.54. The lowest BCUT2D eigenvalue weighted by Crippen LogP contribution is -2.26. The van der Waals surface area contributed by atoms with E-state index < -0.39 is 0 Å². The van der Waals surface area contributed by atoms with Gasteiger partial charge in [0, 0.05) is 20.1 Å². The smallest absolute Gasteiger partial charge is 0.323 e. The van der Waals surface area contributed by atoms with Crippen LogP contribution in [0.1, 0.15) is 34.6 Å². The van der Waals surface area contributed by atoms with Crippen molar-refractivity contribution in [2.24, 2.45) is 0 Å². The van der Waals surface area contributed by atoms with Crippen LogP contribution in [-0.2, 0) is 4.74 Å². The van der Waals surface area contributed by atoms with E-state index in [0.717, 1.165) is 6.54 Å². The van der Waals surface area contributed by atoms with Crippen molar-refractivity contribution in [2.75, 3.05) is 37.0 Å². The van der Waals surface area contributed by atoms with Crippen LogP contribution in [0, 0.1) is 0 Å². The summed E-state index contributed by atoms with van der Waals surface area (Å²) < 4.78 is 11.1. The van der Waals surface area contributed by atoms with Gasteiger partial charge in [0.25, 0.3) is 0 Å². The summed E-state index contributed by atoms with van der Waals surface area (Å²) in [5.74, 6) is 1.10. The Morgan fingerprint density at radius 1 is 1.10 bits per heavy atom. The van der Waals surface area contributed by atoms with Gasteiger partial charge in [-0.05, 0) is 34.6 Å². The lowest BCUT2D eigenvalue weighted by Gasteiger charge is -2.19. The Morgan fingerprint density at radius 3 is 2.38 bits per heavy atom. The number of ether oxygens (including phenoxy) is 2. The Hall–Kier alpha value is -1.63. The molecule has 0 spiro atoms. The average Bonchev–Trinajstić information content (AvgIpc) is 2.37. The fraction of sp³-hybridized carbons (Fsp3) is 0.786. The molecule has 120 valence electrons. The van der Waals surface area contributed by atoms with E-state index in [1.807, 2.05) is 46.6 Å². The van der Waals surface area contributed by atoms with Crippen LogP contribution in [0.4, 0.5) is 11.9 Å². The summed E-state index contributed by atoms with van der Waals surface area (Å²) >= 11 is 0. The zero-order valence-corrected chi connectivity index (χ0v) is 13.9. The maximum absolute atomic E-state index is 5.57. The molecule has 0 amide bonds. The predicted octanol–water partition coefficient (Wildman–Crippen LogP) is 1.95. The maximum Gasteiger partial charge on any atom is 0.323 e. The zero-order valence-electron chi connectivity index (χ0n) is 13.9. The summed E-state index contributed by atoms with van der Waals surface area (Å²) in [6.07, 6.45) is 0.234. The number of anilines is 2. The molecule has 0 saturated heterocycles. The van der Waals surface area contributed by atoms with Gasteiger partial charge in [-0.25, -0.2) is 0 Å². The second-order valence-electron chi connectivity index (χ2n) is 5.28. The summed E-state index contributed by atoms with van der Waals surface area (Å²) in [7, 11) is 1.92. The number of hydrogen-bond donors (Lipinski definition) is 1. The van der Waals surface area contributed by atoms with Gasteiger partial charge in [-0.3, -0.25) is 0 Å². The molecule has 1 N–H and O–H groups in total. The van der Waals surface area contributed by atoms with E-state index in [1.54, 1.807) is 0 Å². The first kappa shape index (κ1) is 17.4. The molecule has 1 rings (SSSR count). The third-order valence-electron chi connectivity index (χ3n) is 2.50. The van der Waals surface area contributed by atoms with E-state index in [-0.39, 0.29) is 12.2 Å². The number of nitrogens with zero attached hydrogens (tertiary/aromatic N) is 4. The molecule has 0 aromatic carbocycles. The summed E-state index contributed by atoms with van der Waals surface area (Å²) in [5.41, 5.74) is 0. The van der Waals surface area contributed by atoms with Gasteiger partial charge >= 0.3 is 6.01 Å². The van der Waals surface area contributed by atoms with Crippen LogP contribution in [0.5, 0.6) is 6.01 Å². The molecule has 7 nitrogen and oxygen atoms in total. The number of likely N-dealkylation sites (N-methyl/N-ethyl adjacent to an activating group) is 1. The SMILES string of the molecule is CCNc1nc(OC(C)C)nc(N(C)CCOC(C)C)n1. The number of hydrogen-bond acceptors (Lipinski definition) is 7. The molecule has 0 atom stereocenters. The second-order valence-corrected chi connectivity index (χ2v) is 5.28. The highest BCUT2D eigenvalue weighted by atomic mass is 16.5. The van der Waals surface area contributed by atoms with Crippen molar-refractivity contribution in [1.82, 2.24) is 15.0 Å². The van der Waals surface area contributed by atoms with Crippen LogP contribution in [0.3, 0.4) is 0 Å². The molecule has 0 aliphatic rings. The molecule has 21 heavy (non-hydrogen) atoms. The van der Waals surface area contributed by atoms with Gasteiger partial charge in [0.05, 0.1) is 18.8 Å². The van der Waals surface area contributed by atoms with Gasteiger partial charge in [0.15, 0.2) is 0 Å². The normalized spacial score (nSPS) is 11.0. The monoisotopic (exact) mass is 297 g/mol. The first-order valence-corrected chi connectivity index (χ1v) is 7.41. The van der Waals surface area contributed by atoms with Crippen molar-refractivity contribution in [3.8, 4) is 6.01 Å². The van der Waals surface area contributed by atoms with Crippen LogP contribution < -0.4 is 15.0 Å². The van der Waals surface area contributed by atoms with Crippen molar-refractivity contribution in [3.05, 3.63) is 0 Å². The Labute approximate surface area is 127 Å². The van der Waals surface area contributed by atoms with Crippen LogP contribution >= 0.6 is 0 Å². The minimum Gasteiger partial charge on any atom is -0.461 e. The highest BCUT2D eigenvalue weighted by molar-refractivity contribution is 5.37. The molecule has 1 heterocycles. The third kappa shape index (κ3) is 6.57. The Balaban J connectivity index is 2.80. The van der Waals surface area contributed by atoms with Crippen LogP contribution in [0.15, 0.2) is 0 Å². The number of rotatable bonds is 9. The molecule has 0 fully saturated rings. The quantitative estimate of drug-likeness (QED) is 0.747. The van der Waals surface area contributed by atoms with Crippen molar-refractivity contribution >= 4 is 11.9 Å². The molecule has 1 aromatic rings. The van der Waals surface area contributed by atoms with Gasteiger partial charge in [-0.1, -0.05) is 0 Å². The van der Waals surface area contributed by atoms with Crippen molar-refractivity contribution in [3.63, 3.8) is 0 Å². The Bertz CT molecular complexity index is 426. The molecular weight excluding hydrogens is 270 g/mol. The van der Waals surface area contributed by atoms with E-state index in [2.05, 4.69) is 20.3 Å². The van der Waals surface area contributed by atoms with E-state index >= 15 is 0 Å². The lowest BCUT2D eigenvalue weighted by molar-refractivity contribution is 0.0844. The summed E-state index contributed by atoms with van der Waals surface area (Å²) in [6.45, 7) is 12.0. The molecular formula is C14H27N5O2. The number of aromatic nitrogens is 3. The molecule has 0 bridgehead atoms. The standard InChI is InChI=1S/C14H27N5O2/c1-7-15-12-16-13(18-14(17-12)21-11(4)5)19(6)8-9-20-10(2)3/h10-11H,7-9H2,1-6H3,(H,15,16,17,18). The molecule has 0 radical (unpaired) electrons. The third-order valence-corrected chi connectivity index (χ3v) is 2.50. The average molecular weight is 297 g/mol. The van der Waals surface area contributed by atoms with E-state index in [1.165, 1.54) is 0 Å². The highest BCUT2D eigenvalue weighted by Crippen LogP contribution is 2.15. The largest absolute Gasteiger partial charge is 0.461 e. The molecule has 0 aliphatic carbocycles. The summed E-state index contributed by atoms with van der Waals surface area (Å²) in [4.78, 5) is 14.9. The van der Waals surface area contributed by atoms with Gasteiger partial charge < -0.3 is 19.7 Å². The molecule has 0 aliphatic heterocycles. The van der Waals surface area contributed by atoms with Gasteiger partial charge in [0.1, 0.15) is 0 Å². The van der Waals surface area contributed by atoms with Crippen LogP contribution in [0.25, 0.3) is 0 Å². The Morgan fingerprint density at radius 2 is 1.81 bits per heavy atom. The second kappa shape index (κ2) is 8.61. The van der Waals surface area contributed by atoms with Crippen LogP contribution in [0.2, 0.25) is 0 Å². The van der Waals surface area contributed by atoms with E-state index in [0.29, 0.717) is 31.1 Å². The van der Waals surface area contributed by atoms with Gasteiger partial charge in [0.2, 0.25) is 11.9 Å². The van der Waals surface area contributed by atoms with Crippen LogP contribution in [-0.4, -0.2) is 53.9 Å². The summed E-state index contributed by atoms with van der Waals surface area (Å²) in [6, 6.07) is 0.336. The minimum absolute atomic E-state index is 0.0179. The molecule has 0 saturated carbocycles. The first-order chi connectivity index (χ1) is 9.92. The number of nitrogens with one attached hydrogen (secondary N) is 1. The maximum atomic E-state index is 5.57. The van der Waals surface area contributed by atoms with Gasteiger partial charge in [-0.15, -0.1) is 0 Å². The first-order valence-electron chi connectivity index (χ1n) is 7.41. The van der Waals surface area contributed by atoms with Crippen molar-refractivity contribution < 1.29 is 9.47 Å². The lowest BCUT2D eigenvalue weighted by atomic mass is 10.5. The highest BCUT2D eigenvalue weighted by Gasteiger charge is 2.12. The fourth-order valence-electron chi connectivity index (χ4n) is 1.54. The molecule has 0 unspecified atom stereocenters. The Kier molecular flexibility index (Phi) is 7.14. The minimum atomic E-state index is 0.0179. The topological polar surface area (TPSA) is 72.4 Å².